The fourth-order valence-corrected chi connectivity index (χ4v) is 1.21. The van der Waals surface area contributed by atoms with Crippen LogP contribution >= 0.6 is 11.6 Å². The standard InChI is InChI=1S/C9H11ClN4/c1-6(13-14-9(11)12)7-4-2-3-5-8(7)10/h2-5H,1H3,(H4,11,12,14). The number of nitrogens with zero attached hydrogens (tertiary/aromatic N) is 2. The van der Waals surface area contributed by atoms with E-state index in [0.29, 0.717) is 10.7 Å². The van der Waals surface area contributed by atoms with E-state index in [1.165, 1.54) is 0 Å². The number of hydrogen-bond acceptors (Lipinski definition) is 2. The van der Waals surface area contributed by atoms with Gasteiger partial charge in [-0.05, 0) is 13.0 Å². The summed E-state index contributed by atoms with van der Waals surface area (Å²) in [5.41, 5.74) is 11.8. The summed E-state index contributed by atoms with van der Waals surface area (Å²) in [6.45, 7) is 1.79. The smallest absolute Gasteiger partial charge is 0.211 e. The van der Waals surface area contributed by atoms with Crippen molar-refractivity contribution in [2.45, 2.75) is 6.92 Å². The van der Waals surface area contributed by atoms with Gasteiger partial charge in [-0.15, -0.1) is 5.10 Å². The molecule has 1 aromatic carbocycles. The fraction of sp³-hybridized carbons (Fsp3) is 0.111. The van der Waals surface area contributed by atoms with Crippen LogP contribution in [0.4, 0.5) is 0 Å². The molecule has 14 heavy (non-hydrogen) atoms. The Morgan fingerprint density at radius 1 is 1.21 bits per heavy atom. The zero-order valence-electron chi connectivity index (χ0n) is 7.74. The first-order valence-electron chi connectivity index (χ1n) is 3.99. The second-order valence-electron chi connectivity index (χ2n) is 2.69. The maximum atomic E-state index is 5.94. The summed E-state index contributed by atoms with van der Waals surface area (Å²) < 4.78 is 0. The van der Waals surface area contributed by atoms with Crippen molar-refractivity contribution in [2.75, 3.05) is 0 Å². The van der Waals surface area contributed by atoms with Crippen molar-refractivity contribution >= 4 is 23.3 Å². The normalized spacial score (nSPS) is 11.1. The maximum absolute atomic E-state index is 5.94. The lowest BCUT2D eigenvalue weighted by Crippen LogP contribution is -2.22. The van der Waals surface area contributed by atoms with Crippen LogP contribution in [0.2, 0.25) is 5.02 Å². The van der Waals surface area contributed by atoms with Crippen molar-refractivity contribution in [3.63, 3.8) is 0 Å². The molecule has 0 amide bonds. The van der Waals surface area contributed by atoms with Crippen molar-refractivity contribution in [2.24, 2.45) is 21.7 Å². The molecule has 4 nitrogen and oxygen atoms in total. The molecule has 1 rings (SSSR count). The van der Waals surface area contributed by atoms with E-state index in [0.717, 1.165) is 5.56 Å². The van der Waals surface area contributed by atoms with Crippen molar-refractivity contribution in [1.82, 2.24) is 0 Å². The number of benzene rings is 1. The van der Waals surface area contributed by atoms with Gasteiger partial charge in [-0.2, -0.15) is 5.10 Å². The molecule has 0 aliphatic rings. The minimum Gasteiger partial charge on any atom is -0.369 e. The monoisotopic (exact) mass is 210 g/mol. The zero-order chi connectivity index (χ0) is 10.6. The second kappa shape index (κ2) is 4.62. The van der Waals surface area contributed by atoms with E-state index in [2.05, 4.69) is 10.2 Å². The molecule has 0 unspecified atom stereocenters. The van der Waals surface area contributed by atoms with Crippen LogP contribution in [0.25, 0.3) is 0 Å². The highest BCUT2D eigenvalue weighted by molar-refractivity contribution is 6.34. The molecule has 0 saturated carbocycles. The van der Waals surface area contributed by atoms with E-state index in [1.54, 1.807) is 13.0 Å². The summed E-state index contributed by atoms with van der Waals surface area (Å²) in [7, 11) is 0. The van der Waals surface area contributed by atoms with Crippen LogP contribution in [0.3, 0.4) is 0 Å². The molecule has 1 aromatic rings. The number of halogens is 1. The van der Waals surface area contributed by atoms with Crippen molar-refractivity contribution in [1.29, 1.82) is 0 Å². The second-order valence-corrected chi connectivity index (χ2v) is 3.10. The van der Waals surface area contributed by atoms with Gasteiger partial charge in [0.25, 0.3) is 0 Å². The predicted molar refractivity (Wildman–Crippen MR) is 59.5 cm³/mol. The van der Waals surface area contributed by atoms with Crippen LogP contribution in [0.1, 0.15) is 12.5 Å². The average molecular weight is 211 g/mol. The first-order valence-corrected chi connectivity index (χ1v) is 4.37. The van der Waals surface area contributed by atoms with Gasteiger partial charge in [0, 0.05) is 10.6 Å². The van der Waals surface area contributed by atoms with E-state index in [1.807, 2.05) is 18.2 Å². The van der Waals surface area contributed by atoms with Gasteiger partial charge < -0.3 is 11.5 Å². The minimum absolute atomic E-state index is 0.0728. The van der Waals surface area contributed by atoms with E-state index in [9.17, 15) is 0 Å². The van der Waals surface area contributed by atoms with Crippen molar-refractivity contribution < 1.29 is 0 Å². The van der Waals surface area contributed by atoms with Crippen molar-refractivity contribution in [3.05, 3.63) is 34.9 Å². The van der Waals surface area contributed by atoms with Gasteiger partial charge in [-0.25, -0.2) is 0 Å². The summed E-state index contributed by atoms with van der Waals surface area (Å²) >= 11 is 5.94. The number of rotatable bonds is 2. The third-order valence-corrected chi connectivity index (χ3v) is 1.91. The predicted octanol–water partition coefficient (Wildman–Crippen LogP) is 1.34. The van der Waals surface area contributed by atoms with Gasteiger partial charge >= 0.3 is 0 Å². The lowest BCUT2D eigenvalue weighted by atomic mass is 10.1. The quantitative estimate of drug-likeness (QED) is 0.439. The Hall–Kier alpha value is -1.55. The molecular formula is C9H11ClN4. The lowest BCUT2D eigenvalue weighted by molar-refractivity contribution is 1.20. The molecule has 5 heteroatoms. The Balaban J connectivity index is 3.01. The minimum atomic E-state index is -0.0728. The van der Waals surface area contributed by atoms with Gasteiger partial charge in [0.05, 0.1) is 5.71 Å². The Kier molecular flexibility index (Phi) is 3.48. The van der Waals surface area contributed by atoms with Gasteiger partial charge in [0.15, 0.2) is 0 Å². The van der Waals surface area contributed by atoms with Gasteiger partial charge in [-0.1, -0.05) is 29.8 Å². The third kappa shape index (κ3) is 2.74. The fourth-order valence-electron chi connectivity index (χ4n) is 0.941. The Bertz CT molecular complexity index is 380. The summed E-state index contributed by atoms with van der Waals surface area (Å²) in [5.74, 6) is -0.0728. The zero-order valence-corrected chi connectivity index (χ0v) is 8.49. The van der Waals surface area contributed by atoms with Gasteiger partial charge in [0.1, 0.15) is 0 Å². The van der Waals surface area contributed by atoms with Crippen LogP contribution in [-0.4, -0.2) is 11.7 Å². The van der Waals surface area contributed by atoms with Crippen LogP contribution in [0.15, 0.2) is 34.5 Å². The van der Waals surface area contributed by atoms with E-state index < -0.39 is 0 Å². The Morgan fingerprint density at radius 2 is 1.86 bits per heavy atom. The van der Waals surface area contributed by atoms with Crippen molar-refractivity contribution in [3.8, 4) is 0 Å². The Morgan fingerprint density at radius 3 is 2.43 bits per heavy atom. The number of nitrogens with two attached hydrogens (primary N) is 2. The summed E-state index contributed by atoms with van der Waals surface area (Å²) in [4.78, 5) is 0. The van der Waals surface area contributed by atoms with E-state index >= 15 is 0 Å². The molecule has 0 fully saturated rings. The molecule has 0 atom stereocenters. The summed E-state index contributed by atoms with van der Waals surface area (Å²) in [6.07, 6.45) is 0. The molecule has 0 bridgehead atoms. The highest BCUT2D eigenvalue weighted by Gasteiger charge is 2.01. The number of hydrogen-bond donors (Lipinski definition) is 2. The highest BCUT2D eigenvalue weighted by atomic mass is 35.5. The van der Waals surface area contributed by atoms with E-state index in [-0.39, 0.29) is 5.96 Å². The van der Waals surface area contributed by atoms with Crippen LogP contribution in [0, 0.1) is 0 Å². The topological polar surface area (TPSA) is 76.8 Å². The molecule has 0 aliphatic carbocycles. The first kappa shape index (κ1) is 10.5. The molecule has 0 radical (unpaired) electrons. The molecule has 0 spiro atoms. The average Bonchev–Trinajstić information content (AvgIpc) is 2.15. The van der Waals surface area contributed by atoms with E-state index in [4.69, 9.17) is 23.1 Å². The SMILES string of the molecule is CC(=NN=C(N)N)c1ccccc1Cl. The summed E-state index contributed by atoms with van der Waals surface area (Å²) in [6, 6.07) is 7.35. The highest BCUT2D eigenvalue weighted by Crippen LogP contribution is 2.15. The van der Waals surface area contributed by atoms with Gasteiger partial charge in [0.2, 0.25) is 5.96 Å². The molecule has 4 N–H and O–H groups in total. The van der Waals surface area contributed by atoms with Crippen LogP contribution in [0.5, 0.6) is 0 Å². The number of guanidine groups is 1. The summed E-state index contributed by atoms with van der Waals surface area (Å²) in [5, 5.41) is 7.99. The van der Waals surface area contributed by atoms with Crippen LogP contribution in [-0.2, 0) is 0 Å². The third-order valence-electron chi connectivity index (χ3n) is 1.58. The Labute approximate surface area is 87.3 Å². The maximum Gasteiger partial charge on any atom is 0.211 e. The largest absolute Gasteiger partial charge is 0.369 e. The van der Waals surface area contributed by atoms with Gasteiger partial charge in [-0.3, -0.25) is 0 Å². The van der Waals surface area contributed by atoms with Crippen LogP contribution < -0.4 is 11.5 Å². The molecule has 0 aliphatic heterocycles. The first-order chi connectivity index (χ1) is 6.61. The molecule has 0 aromatic heterocycles. The molecule has 0 saturated heterocycles. The molecule has 0 heterocycles. The lowest BCUT2D eigenvalue weighted by Gasteiger charge is -2.00. The molecular weight excluding hydrogens is 200 g/mol. The molecule has 74 valence electrons.